The van der Waals surface area contributed by atoms with E-state index in [4.69, 9.17) is 9.63 Å². The molecule has 78 valence electrons. The molecular weight excluding hydrogens is 202 g/mol. The van der Waals surface area contributed by atoms with Crippen LogP contribution in [0.4, 0.5) is 0 Å². The molecule has 0 spiro atoms. The first-order chi connectivity index (χ1) is 7.09. The molecule has 0 aliphatic carbocycles. The first kappa shape index (κ1) is 9.38. The fraction of sp³-hybridized carbons (Fsp3) is 0.250. The van der Waals surface area contributed by atoms with Crippen molar-refractivity contribution >= 4 is 17.1 Å². The number of carboxylic acids is 1. The van der Waals surface area contributed by atoms with Gasteiger partial charge in [0.25, 0.3) is 11.3 Å². The molecule has 2 aromatic rings. The predicted octanol–water partition coefficient (Wildman–Crippen LogP) is -0.222. The average molecular weight is 209 g/mol. The Morgan fingerprint density at radius 2 is 2.40 bits per heavy atom. The predicted molar refractivity (Wildman–Crippen MR) is 48.4 cm³/mol. The Bertz CT molecular complexity index is 583. The number of hydrogen-bond donors (Lipinski definition) is 1. The minimum Gasteiger partial charge on any atom is -0.480 e. The lowest BCUT2D eigenvalue weighted by Gasteiger charge is -1.99. The highest BCUT2D eigenvalue weighted by Gasteiger charge is 2.12. The van der Waals surface area contributed by atoms with Crippen molar-refractivity contribution in [2.45, 2.75) is 13.5 Å². The van der Waals surface area contributed by atoms with Gasteiger partial charge in [-0.1, -0.05) is 5.16 Å². The average Bonchev–Trinajstić information content (AvgIpc) is 2.53. The van der Waals surface area contributed by atoms with Gasteiger partial charge in [0, 0.05) is 0 Å². The molecule has 1 N–H and O–H groups in total. The van der Waals surface area contributed by atoms with E-state index in [2.05, 4.69) is 10.1 Å². The van der Waals surface area contributed by atoms with Crippen molar-refractivity contribution in [2.24, 2.45) is 0 Å². The monoisotopic (exact) mass is 209 g/mol. The highest BCUT2D eigenvalue weighted by Crippen LogP contribution is 2.09. The summed E-state index contributed by atoms with van der Waals surface area (Å²) in [6.07, 6.45) is 1.13. The minimum atomic E-state index is -1.10. The molecule has 0 saturated carbocycles. The molecule has 0 fully saturated rings. The normalized spacial score (nSPS) is 10.7. The second-order valence-corrected chi connectivity index (χ2v) is 3.02. The molecule has 0 unspecified atom stereocenters. The van der Waals surface area contributed by atoms with Gasteiger partial charge in [-0.05, 0) is 6.92 Å². The van der Waals surface area contributed by atoms with Crippen molar-refractivity contribution in [2.75, 3.05) is 0 Å². The minimum absolute atomic E-state index is 0.124. The number of aromatic nitrogens is 3. The van der Waals surface area contributed by atoms with E-state index in [1.807, 2.05) is 0 Å². The number of fused-ring (bicyclic) bond motifs is 1. The van der Waals surface area contributed by atoms with Gasteiger partial charge in [-0.15, -0.1) is 0 Å². The molecule has 0 atom stereocenters. The van der Waals surface area contributed by atoms with E-state index >= 15 is 0 Å². The highest BCUT2D eigenvalue weighted by molar-refractivity contribution is 5.74. The number of carbonyl (C=O) groups is 1. The van der Waals surface area contributed by atoms with Gasteiger partial charge in [0.1, 0.15) is 18.3 Å². The Balaban J connectivity index is 2.69. The third-order valence-electron chi connectivity index (χ3n) is 1.94. The van der Waals surface area contributed by atoms with Gasteiger partial charge in [-0.2, -0.15) is 0 Å². The number of nitrogens with zero attached hydrogens (tertiary/aromatic N) is 3. The van der Waals surface area contributed by atoms with Gasteiger partial charge in [-0.25, -0.2) is 4.98 Å². The van der Waals surface area contributed by atoms with Crippen LogP contribution in [0.25, 0.3) is 11.1 Å². The van der Waals surface area contributed by atoms with Crippen molar-refractivity contribution in [1.29, 1.82) is 0 Å². The maximum Gasteiger partial charge on any atom is 0.323 e. The van der Waals surface area contributed by atoms with Crippen LogP contribution in [0.3, 0.4) is 0 Å². The summed E-state index contributed by atoms with van der Waals surface area (Å²) in [6.45, 7) is 1.17. The molecule has 7 nitrogen and oxygen atoms in total. The summed E-state index contributed by atoms with van der Waals surface area (Å²) in [7, 11) is 0. The summed E-state index contributed by atoms with van der Waals surface area (Å²) in [5, 5.41) is 12.4. The molecule has 0 aromatic carbocycles. The van der Waals surface area contributed by atoms with Crippen molar-refractivity contribution in [3.63, 3.8) is 0 Å². The van der Waals surface area contributed by atoms with Crippen LogP contribution in [0.2, 0.25) is 0 Å². The Kier molecular flexibility index (Phi) is 2.00. The van der Waals surface area contributed by atoms with Crippen LogP contribution < -0.4 is 5.56 Å². The fourth-order valence-corrected chi connectivity index (χ4v) is 1.27. The van der Waals surface area contributed by atoms with E-state index in [9.17, 15) is 9.59 Å². The van der Waals surface area contributed by atoms with Gasteiger partial charge < -0.3 is 9.63 Å². The van der Waals surface area contributed by atoms with Crippen LogP contribution in [0, 0.1) is 6.92 Å². The lowest BCUT2D eigenvalue weighted by Crippen LogP contribution is -2.24. The summed E-state index contributed by atoms with van der Waals surface area (Å²) in [5.41, 5.74) is 0.0718. The van der Waals surface area contributed by atoms with Crippen LogP contribution in [-0.2, 0) is 11.3 Å². The van der Waals surface area contributed by atoms with Gasteiger partial charge in [0.05, 0.1) is 5.69 Å². The molecule has 0 aliphatic rings. The van der Waals surface area contributed by atoms with E-state index < -0.39 is 18.1 Å². The molecular formula is C8H7N3O4. The smallest absolute Gasteiger partial charge is 0.323 e. The number of hydrogen-bond acceptors (Lipinski definition) is 5. The van der Waals surface area contributed by atoms with Gasteiger partial charge in [0.15, 0.2) is 0 Å². The first-order valence-corrected chi connectivity index (χ1v) is 4.13. The summed E-state index contributed by atoms with van der Waals surface area (Å²) in [4.78, 5) is 25.9. The second-order valence-electron chi connectivity index (χ2n) is 3.02. The Morgan fingerprint density at radius 1 is 1.67 bits per heavy atom. The lowest BCUT2D eigenvalue weighted by molar-refractivity contribution is -0.137. The van der Waals surface area contributed by atoms with Crippen molar-refractivity contribution in [3.8, 4) is 0 Å². The number of rotatable bonds is 2. The molecule has 7 heteroatoms. The molecule has 15 heavy (non-hydrogen) atoms. The molecule has 2 aromatic heterocycles. The van der Waals surface area contributed by atoms with Gasteiger partial charge in [-0.3, -0.25) is 14.2 Å². The molecule has 0 saturated heterocycles. The van der Waals surface area contributed by atoms with E-state index in [1.54, 1.807) is 6.92 Å². The molecule has 0 aliphatic heterocycles. The number of aryl methyl sites for hydroxylation is 1. The van der Waals surface area contributed by atoms with E-state index in [-0.39, 0.29) is 11.1 Å². The zero-order valence-corrected chi connectivity index (χ0v) is 7.80. The summed E-state index contributed by atoms with van der Waals surface area (Å²) < 4.78 is 5.76. The topological polar surface area (TPSA) is 98.2 Å². The van der Waals surface area contributed by atoms with Crippen LogP contribution in [0.15, 0.2) is 15.6 Å². The van der Waals surface area contributed by atoms with Crippen molar-refractivity contribution in [3.05, 3.63) is 22.4 Å². The van der Waals surface area contributed by atoms with Crippen molar-refractivity contribution in [1.82, 2.24) is 14.7 Å². The van der Waals surface area contributed by atoms with Crippen LogP contribution >= 0.6 is 0 Å². The summed E-state index contributed by atoms with van der Waals surface area (Å²) in [6, 6.07) is 0. The number of aliphatic carboxylic acids is 1. The zero-order chi connectivity index (χ0) is 11.0. The molecule has 2 heterocycles. The standard InChI is InChI=1S/C8H7N3O4/c1-4-6-7(15-10-4)9-3-11(8(6)14)2-5(12)13/h3H,2H2,1H3,(H,12,13). The summed E-state index contributed by atoms with van der Waals surface area (Å²) >= 11 is 0. The quantitative estimate of drug-likeness (QED) is 0.733. The van der Waals surface area contributed by atoms with E-state index in [1.165, 1.54) is 0 Å². The molecule has 0 bridgehead atoms. The van der Waals surface area contributed by atoms with Crippen LogP contribution in [-0.4, -0.2) is 25.8 Å². The van der Waals surface area contributed by atoms with Crippen molar-refractivity contribution < 1.29 is 14.4 Å². The zero-order valence-electron chi connectivity index (χ0n) is 7.80. The van der Waals surface area contributed by atoms with Gasteiger partial charge in [0.2, 0.25) is 0 Å². The Labute approximate surface area is 82.9 Å². The number of carboxylic acid groups (broad SMARTS) is 1. The fourth-order valence-electron chi connectivity index (χ4n) is 1.27. The SMILES string of the molecule is Cc1noc2ncn(CC(=O)O)c(=O)c12. The van der Waals surface area contributed by atoms with Crippen LogP contribution in [0.5, 0.6) is 0 Å². The molecule has 2 rings (SSSR count). The molecule has 0 amide bonds. The van der Waals surface area contributed by atoms with E-state index in [0.29, 0.717) is 5.69 Å². The maximum absolute atomic E-state index is 11.7. The summed E-state index contributed by atoms with van der Waals surface area (Å²) in [5.74, 6) is -1.10. The Morgan fingerprint density at radius 3 is 3.07 bits per heavy atom. The van der Waals surface area contributed by atoms with Crippen LogP contribution in [0.1, 0.15) is 5.69 Å². The maximum atomic E-state index is 11.7. The third-order valence-corrected chi connectivity index (χ3v) is 1.94. The first-order valence-electron chi connectivity index (χ1n) is 4.13. The Hall–Kier alpha value is -2.18. The van der Waals surface area contributed by atoms with E-state index in [0.717, 1.165) is 10.9 Å². The largest absolute Gasteiger partial charge is 0.480 e. The second kappa shape index (κ2) is 3.19. The third kappa shape index (κ3) is 1.47. The highest BCUT2D eigenvalue weighted by atomic mass is 16.5. The van der Waals surface area contributed by atoms with Gasteiger partial charge >= 0.3 is 5.97 Å². The lowest BCUT2D eigenvalue weighted by atomic mass is 10.3. The molecule has 0 radical (unpaired) electrons.